The summed E-state index contributed by atoms with van der Waals surface area (Å²) in [5.74, 6) is -0.142. The van der Waals surface area contributed by atoms with E-state index in [9.17, 15) is 4.79 Å². The van der Waals surface area contributed by atoms with Gasteiger partial charge in [-0.25, -0.2) is 4.89 Å². The second-order valence-corrected chi connectivity index (χ2v) is 7.24. The van der Waals surface area contributed by atoms with Crippen LogP contribution in [-0.2, 0) is 16.3 Å². The van der Waals surface area contributed by atoms with Crippen molar-refractivity contribution in [3.8, 4) is 0 Å². The lowest BCUT2D eigenvalue weighted by molar-refractivity contribution is -0.253. The van der Waals surface area contributed by atoms with Crippen molar-refractivity contribution in [2.24, 2.45) is 5.10 Å². The summed E-state index contributed by atoms with van der Waals surface area (Å²) in [6, 6.07) is 11.3. The van der Waals surface area contributed by atoms with Crippen molar-refractivity contribution in [1.29, 1.82) is 0 Å². The monoisotopic (exact) mass is 385 g/mol. The van der Waals surface area contributed by atoms with Crippen molar-refractivity contribution in [3.63, 3.8) is 0 Å². The molecule has 7 heteroatoms. The van der Waals surface area contributed by atoms with E-state index in [1.165, 1.54) is 10.0 Å². The maximum absolute atomic E-state index is 12.9. The van der Waals surface area contributed by atoms with Crippen molar-refractivity contribution in [2.75, 3.05) is 23.0 Å². The molecule has 0 spiro atoms. The van der Waals surface area contributed by atoms with Gasteiger partial charge in [-0.15, -0.1) is 11.3 Å². The number of carbonyl (C=O) groups is 1. The van der Waals surface area contributed by atoms with E-state index >= 15 is 0 Å². The van der Waals surface area contributed by atoms with E-state index in [1.807, 2.05) is 19.1 Å². The molecule has 6 nitrogen and oxygen atoms in total. The van der Waals surface area contributed by atoms with Gasteiger partial charge in [0.15, 0.2) is 0 Å². The van der Waals surface area contributed by atoms with Crippen LogP contribution < -0.4 is 9.91 Å². The molecule has 1 aliphatic rings. The average molecular weight is 385 g/mol. The fourth-order valence-electron chi connectivity index (χ4n) is 2.93. The van der Waals surface area contributed by atoms with E-state index in [0.29, 0.717) is 17.0 Å². The number of hydrogen-bond donors (Lipinski definition) is 1. The van der Waals surface area contributed by atoms with Crippen LogP contribution in [0.15, 0.2) is 47.1 Å². The molecule has 0 aliphatic carbocycles. The van der Waals surface area contributed by atoms with Crippen LogP contribution in [0.4, 0.5) is 10.7 Å². The summed E-state index contributed by atoms with van der Waals surface area (Å²) in [4.78, 5) is 20.3. The molecule has 3 rings (SSSR count). The quantitative estimate of drug-likeness (QED) is 0.436. The first kappa shape index (κ1) is 19.3. The highest BCUT2D eigenvalue weighted by Crippen LogP contribution is 2.30. The van der Waals surface area contributed by atoms with Crippen LogP contribution in [0.5, 0.6) is 0 Å². The predicted molar refractivity (Wildman–Crippen MR) is 110 cm³/mol. The van der Waals surface area contributed by atoms with Gasteiger partial charge in [-0.2, -0.15) is 10.1 Å². The number of hydrazone groups is 1. The number of hydrogen-bond acceptors (Lipinski definition) is 6. The van der Waals surface area contributed by atoms with Gasteiger partial charge in [-0.05, 0) is 56.7 Å². The Bertz CT molecular complexity index is 867. The number of benzene rings is 1. The molecule has 0 unspecified atom stereocenters. The summed E-state index contributed by atoms with van der Waals surface area (Å²) in [7, 11) is 0. The summed E-state index contributed by atoms with van der Waals surface area (Å²) in [6.07, 6.45) is 1.91. The molecular formula is C20H23N3O3S. The van der Waals surface area contributed by atoms with Crippen molar-refractivity contribution < 1.29 is 14.9 Å². The van der Waals surface area contributed by atoms with Gasteiger partial charge < -0.3 is 4.90 Å². The molecule has 0 fully saturated rings. The number of nitrogens with zero attached hydrogens (tertiary/aromatic N) is 3. The molecule has 27 heavy (non-hydrogen) atoms. The Hall–Kier alpha value is -2.48. The summed E-state index contributed by atoms with van der Waals surface area (Å²) in [5, 5.41) is 15.5. The van der Waals surface area contributed by atoms with Crippen molar-refractivity contribution >= 4 is 39.7 Å². The van der Waals surface area contributed by atoms with Gasteiger partial charge in [-0.1, -0.05) is 12.1 Å². The van der Waals surface area contributed by atoms with Crippen LogP contribution in [-0.4, -0.2) is 30.0 Å². The van der Waals surface area contributed by atoms with Gasteiger partial charge in [0.1, 0.15) is 6.61 Å². The molecule has 1 aliphatic heterocycles. The minimum absolute atomic E-state index is 0.106. The third kappa shape index (κ3) is 4.10. The highest BCUT2D eigenvalue weighted by Gasteiger charge is 2.28. The second-order valence-electron chi connectivity index (χ2n) is 6.15. The SMILES string of the molecule is CCN(CC)c1ccc(C=C2C(=O)N(c3ccc(COO)cc3)N=C2C)s1. The maximum Gasteiger partial charge on any atom is 0.280 e. The van der Waals surface area contributed by atoms with Crippen molar-refractivity contribution in [3.05, 3.63) is 52.4 Å². The number of carbonyl (C=O) groups excluding carboxylic acids is 1. The van der Waals surface area contributed by atoms with Crippen LogP contribution in [0.2, 0.25) is 0 Å². The van der Waals surface area contributed by atoms with E-state index in [0.717, 1.165) is 23.5 Å². The molecule has 1 aromatic carbocycles. The highest BCUT2D eigenvalue weighted by atomic mass is 32.1. The van der Waals surface area contributed by atoms with Gasteiger partial charge in [0.2, 0.25) is 0 Å². The topological polar surface area (TPSA) is 65.4 Å². The Morgan fingerprint density at radius 3 is 2.52 bits per heavy atom. The highest BCUT2D eigenvalue weighted by molar-refractivity contribution is 7.17. The Labute approximate surface area is 162 Å². The second kappa shape index (κ2) is 8.47. The average Bonchev–Trinajstić information content (AvgIpc) is 3.24. The Morgan fingerprint density at radius 2 is 1.89 bits per heavy atom. The van der Waals surface area contributed by atoms with Gasteiger partial charge in [0.05, 0.1) is 22.0 Å². The maximum atomic E-state index is 12.9. The summed E-state index contributed by atoms with van der Waals surface area (Å²) in [5.41, 5.74) is 2.79. The molecule has 1 aromatic heterocycles. The molecule has 0 bridgehead atoms. The molecule has 0 saturated carbocycles. The third-order valence-corrected chi connectivity index (χ3v) is 5.54. The summed E-state index contributed by atoms with van der Waals surface area (Å²) in [6.45, 7) is 8.13. The molecule has 2 aromatic rings. The Kier molecular flexibility index (Phi) is 6.05. The Morgan fingerprint density at radius 1 is 1.19 bits per heavy atom. The lowest BCUT2D eigenvalue weighted by Gasteiger charge is -2.17. The third-order valence-electron chi connectivity index (χ3n) is 4.45. The van der Waals surface area contributed by atoms with Crippen LogP contribution in [0, 0.1) is 0 Å². The number of amides is 1. The summed E-state index contributed by atoms with van der Waals surface area (Å²) < 4.78 is 0. The van der Waals surface area contributed by atoms with Gasteiger partial charge >= 0.3 is 0 Å². The van der Waals surface area contributed by atoms with Crippen LogP contribution >= 0.6 is 11.3 Å². The van der Waals surface area contributed by atoms with Crippen molar-refractivity contribution in [2.45, 2.75) is 27.4 Å². The summed E-state index contributed by atoms with van der Waals surface area (Å²) >= 11 is 1.67. The smallest absolute Gasteiger partial charge is 0.280 e. The molecule has 0 radical (unpaired) electrons. The molecular weight excluding hydrogens is 362 g/mol. The largest absolute Gasteiger partial charge is 0.364 e. The first-order chi connectivity index (χ1) is 13.1. The van der Waals surface area contributed by atoms with E-state index in [2.05, 4.69) is 34.8 Å². The zero-order valence-electron chi connectivity index (χ0n) is 15.7. The van der Waals surface area contributed by atoms with Crippen LogP contribution in [0.3, 0.4) is 0 Å². The molecule has 142 valence electrons. The van der Waals surface area contributed by atoms with E-state index in [4.69, 9.17) is 5.26 Å². The molecule has 1 amide bonds. The van der Waals surface area contributed by atoms with Crippen molar-refractivity contribution in [1.82, 2.24) is 0 Å². The normalized spacial score (nSPS) is 15.6. The lowest BCUT2D eigenvalue weighted by Crippen LogP contribution is -2.21. The number of anilines is 2. The first-order valence-electron chi connectivity index (χ1n) is 8.89. The molecule has 2 heterocycles. The lowest BCUT2D eigenvalue weighted by atomic mass is 10.1. The minimum atomic E-state index is -0.142. The predicted octanol–water partition coefficient (Wildman–Crippen LogP) is 4.39. The minimum Gasteiger partial charge on any atom is -0.364 e. The molecule has 1 N–H and O–H groups in total. The zero-order valence-corrected chi connectivity index (χ0v) is 16.5. The fraction of sp³-hybridized carbons (Fsp3) is 0.300. The zero-order chi connectivity index (χ0) is 19.4. The van der Waals surface area contributed by atoms with Gasteiger partial charge in [-0.3, -0.25) is 10.1 Å². The molecule has 0 saturated heterocycles. The molecule has 0 atom stereocenters. The van der Waals surface area contributed by atoms with E-state index in [-0.39, 0.29) is 12.5 Å². The van der Waals surface area contributed by atoms with Gasteiger partial charge in [0.25, 0.3) is 5.91 Å². The van der Waals surface area contributed by atoms with Gasteiger partial charge in [0, 0.05) is 18.0 Å². The number of rotatable bonds is 7. The standard InChI is InChI=1S/C20H23N3O3S/c1-4-22(5-2)19-11-10-17(27-19)12-18-14(3)21-23(20(18)24)16-8-6-15(7-9-16)13-26-25/h6-12,25H,4-5,13H2,1-3H3. The van der Waals surface area contributed by atoms with E-state index in [1.54, 1.807) is 35.6 Å². The Balaban J connectivity index is 1.81. The van der Waals surface area contributed by atoms with Crippen LogP contribution in [0.25, 0.3) is 6.08 Å². The first-order valence-corrected chi connectivity index (χ1v) is 9.70. The fourth-order valence-corrected chi connectivity index (χ4v) is 4.01. The van der Waals surface area contributed by atoms with E-state index < -0.39 is 0 Å². The van der Waals surface area contributed by atoms with Crippen LogP contribution in [0.1, 0.15) is 31.2 Å². The number of thiophene rings is 1.